The molecule has 0 spiro atoms. The Labute approximate surface area is 171 Å². The van der Waals surface area contributed by atoms with Gasteiger partial charge in [0.25, 0.3) is 5.69 Å². The van der Waals surface area contributed by atoms with E-state index in [0.717, 1.165) is 24.3 Å². The first-order valence-corrected chi connectivity index (χ1v) is 10.5. The molecule has 1 N–H and O–H groups in total. The van der Waals surface area contributed by atoms with E-state index in [4.69, 9.17) is 0 Å². The number of benzene rings is 2. The minimum Gasteiger partial charge on any atom is -0.387 e. The van der Waals surface area contributed by atoms with Crippen LogP contribution < -0.4 is 4.90 Å². The largest absolute Gasteiger partial charge is 0.387 e. The van der Waals surface area contributed by atoms with Crippen LogP contribution in [0.15, 0.2) is 47.4 Å². The number of halogens is 3. The van der Waals surface area contributed by atoms with Crippen molar-refractivity contribution in [3.8, 4) is 0 Å². The van der Waals surface area contributed by atoms with Gasteiger partial charge in [-0.3, -0.25) is 10.1 Å². The maximum atomic E-state index is 13.1. The van der Waals surface area contributed by atoms with Crippen LogP contribution in [0, 0.1) is 21.8 Å². The molecule has 0 aliphatic heterocycles. The molecule has 0 aliphatic carbocycles. The van der Waals surface area contributed by atoms with Gasteiger partial charge in [0.15, 0.2) is 0 Å². The first-order chi connectivity index (χ1) is 13.9. The number of hydrogen-bond acceptors (Lipinski definition) is 6. The molecule has 2 rings (SSSR count). The maximum Gasteiger partial charge on any atom is 0.341 e. The lowest BCUT2D eigenvalue weighted by molar-refractivity contribution is -0.384. The number of nitro benzene ring substituents is 1. The molecule has 2 aromatic rings. The van der Waals surface area contributed by atoms with Crippen molar-refractivity contribution in [2.75, 3.05) is 18.0 Å². The Morgan fingerprint density at radius 2 is 1.70 bits per heavy atom. The van der Waals surface area contributed by atoms with Crippen molar-refractivity contribution in [3.63, 3.8) is 0 Å². The Hall–Kier alpha value is -2.66. The van der Waals surface area contributed by atoms with E-state index in [2.05, 4.69) is 0 Å². The SMILES string of the molecule is CC(C)CN(C[C@H](O)c1ccc(F)cc1)c1ccc(S(=O)(=O)C(F)F)cc1[N+](=O)[O-]. The normalized spacial score (nSPS) is 12.9. The number of rotatable bonds is 9. The molecule has 11 heteroatoms. The van der Waals surface area contributed by atoms with Crippen LogP contribution in [0.3, 0.4) is 0 Å². The zero-order valence-electron chi connectivity index (χ0n) is 16.2. The number of alkyl halides is 2. The highest BCUT2D eigenvalue weighted by Gasteiger charge is 2.31. The van der Waals surface area contributed by atoms with Gasteiger partial charge >= 0.3 is 5.76 Å². The molecule has 0 aromatic heterocycles. The van der Waals surface area contributed by atoms with E-state index in [-0.39, 0.29) is 24.7 Å². The first kappa shape index (κ1) is 23.6. The minimum atomic E-state index is -5.01. The number of nitro groups is 1. The van der Waals surface area contributed by atoms with Crippen molar-refractivity contribution in [2.45, 2.75) is 30.6 Å². The lowest BCUT2D eigenvalue weighted by atomic mass is 10.1. The van der Waals surface area contributed by atoms with Gasteiger partial charge in [-0.15, -0.1) is 0 Å². The second-order valence-electron chi connectivity index (χ2n) is 7.08. The molecule has 0 aliphatic rings. The van der Waals surface area contributed by atoms with Gasteiger partial charge in [-0.25, -0.2) is 12.8 Å². The van der Waals surface area contributed by atoms with Gasteiger partial charge in [0, 0.05) is 19.2 Å². The Balaban J connectivity index is 2.47. The fraction of sp³-hybridized carbons (Fsp3) is 0.368. The molecule has 0 bridgehead atoms. The van der Waals surface area contributed by atoms with E-state index in [1.54, 1.807) is 0 Å². The predicted molar refractivity (Wildman–Crippen MR) is 105 cm³/mol. The highest BCUT2D eigenvalue weighted by atomic mass is 32.2. The Kier molecular flexibility index (Phi) is 7.43. The van der Waals surface area contributed by atoms with Crippen LogP contribution in [0.2, 0.25) is 0 Å². The quantitative estimate of drug-likeness (QED) is 0.463. The number of sulfone groups is 1. The number of hydrogen-bond donors (Lipinski definition) is 1. The van der Waals surface area contributed by atoms with Gasteiger partial charge in [-0.1, -0.05) is 26.0 Å². The molecule has 7 nitrogen and oxygen atoms in total. The van der Waals surface area contributed by atoms with E-state index in [1.807, 2.05) is 13.8 Å². The topological polar surface area (TPSA) is 101 Å². The van der Waals surface area contributed by atoms with Crippen LogP contribution >= 0.6 is 0 Å². The summed E-state index contributed by atoms with van der Waals surface area (Å²) in [4.78, 5) is 11.3. The summed E-state index contributed by atoms with van der Waals surface area (Å²) in [6, 6.07) is 7.62. The van der Waals surface area contributed by atoms with Crippen molar-refractivity contribution in [1.82, 2.24) is 0 Å². The first-order valence-electron chi connectivity index (χ1n) is 8.92. The second-order valence-corrected chi connectivity index (χ2v) is 9.00. The molecule has 0 radical (unpaired) electrons. The lowest BCUT2D eigenvalue weighted by Crippen LogP contribution is -2.32. The molecule has 0 unspecified atom stereocenters. The van der Waals surface area contributed by atoms with Crippen molar-refractivity contribution in [3.05, 3.63) is 64.0 Å². The van der Waals surface area contributed by atoms with E-state index in [1.165, 1.54) is 17.0 Å². The fourth-order valence-corrected chi connectivity index (χ4v) is 3.65. The van der Waals surface area contributed by atoms with Gasteiger partial charge in [-0.05, 0) is 35.7 Å². The molecule has 30 heavy (non-hydrogen) atoms. The number of anilines is 1. The predicted octanol–water partition coefficient (Wildman–Crippen LogP) is 3.93. The van der Waals surface area contributed by atoms with E-state index in [0.29, 0.717) is 11.6 Å². The third-order valence-electron chi connectivity index (χ3n) is 4.28. The summed E-state index contributed by atoms with van der Waals surface area (Å²) in [5, 5.41) is 22.1. The van der Waals surface area contributed by atoms with E-state index >= 15 is 0 Å². The number of nitrogens with zero attached hydrogens (tertiary/aromatic N) is 2. The molecular weight excluding hydrogens is 425 g/mol. The molecule has 164 valence electrons. The molecule has 0 saturated carbocycles. The van der Waals surface area contributed by atoms with Gasteiger partial charge in [0.2, 0.25) is 9.84 Å². The smallest absolute Gasteiger partial charge is 0.341 e. The second kappa shape index (κ2) is 9.43. The van der Waals surface area contributed by atoms with Gasteiger partial charge < -0.3 is 10.0 Å². The maximum absolute atomic E-state index is 13.1. The highest BCUT2D eigenvalue weighted by molar-refractivity contribution is 7.91. The van der Waals surface area contributed by atoms with Crippen molar-refractivity contribution < 1.29 is 31.6 Å². The summed E-state index contributed by atoms with van der Waals surface area (Å²) < 4.78 is 62.2. The summed E-state index contributed by atoms with van der Waals surface area (Å²) in [5.74, 6) is -4.21. The monoisotopic (exact) mass is 446 g/mol. The average molecular weight is 446 g/mol. The summed E-state index contributed by atoms with van der Waals surface area (Å²) in [6.07, 6.45) is -1.13. The van der Waals surface area contributed by atoms with Crippen LogP contribution in [0.25, 0.3) is 0 Å². The van der Waals surface area contributed by atoms with Crippen LogP contribution in [-0.2, 0) is 9.84 Å². The van der Waals surface area contributed by atoms with Crippen LogP contribution in [-0.4, -0.2) is 37.3 Å². The Morgan fingerprint density at radius 1 is 1.10 bits per heavy atom. The van der Waals surface area contributed by atoms with Gasteiger partial charge in [0.1, 0.15) is 11.5 Å². The standard InChI is InChI=1S/C19H21F3N2O5S/c1-12(2)10-23(11-18(25)13-3-5-14(20)6-4-13)16-8-7-15(9-17(16)24(26)27)30(28,29)19(21)22/h3-9,12,18-19,25H,10-11H2,1-2H3/t18-/m0/s1. The third kappa shape index (κ3) is 5.48. The minimum absolute atomic E-state index is 0.00510. The number of aliphatic hydroxyl groups excluding tert-OH is 1. The Morgan fingerprint density at radius 3 is 2.20 bits per heavy atom. The van der Waals surface area contributed by atoms with Crippen LogP contribution in [0.5, 0.6) is 0 Å². The number of aliphatic hydroxyl groups is 1. The van der Waals surface area contributed by atoms with Crippen molar-refractivity contribution in [1.29, 1.82) is 0 Å². The van der Waals surface area contributed by atoms with E-state index in [9.17, 15) is 36.8 Å². The average Bonchev–Trinajstić information content (AvgIpc) is 2.66. The summed E-state index contributed by atoms with van der Waals surface area (Å²) >= 11 is 0. The highest BCUT2D eigenvalue weighted by Crippen LogP contribution is 2.34. The summed E-state index contributed by atoms with van der Waals surface area (Å²) in [7, 11) is -5.01. The molecule has 0 fully saturated rings. The van der Waals surface area contributed by atoms with Gasteiger partial charge in [-0.2, -0.15) is 8.78 Å². The third-order valence-corrected chi connectivity index (χ3v) is 5.66. The molecule has 0 saturated heterocycles. The fourth-order valence-electron chi connectivity index (χ4n) is 2.91. The van der Waals surface area contributed by atoms with Crippen LogP contribution in [0.4, 0.5) is 24.5 Å². The molecule has 1 atom stereocenters. The molecule has 0 heterocycles. The summed E-state index contributed by atoms with van der Waals surface area (Å²) in [5.41, 5.74) is -0.323. The molecule has 2 aromatic carbocycles. The zero-order chi connectivity index (χ0) is 22.6. The molecular formula is C19H21F3N2O5S. The van der Waals surface area contributed by atoms with Gasteiger partial charge in [0.05, 0.1) is 15.9 Å². The summed E-state index contributed by atoms with van der Waals surface area (Å²) in [6.45, 7) is 3.79. The molecule has 0 amide bonds. The van der Waals surface area contributed by atoms with Crippen LogP contribution in [0.1, 0.15) is 25.5 Å². The zero-order valence-corrected chi connectivity index (χ0v) is 17.0. The Bertz CT molecular complexity index is 998. The van der Waals surface area contributed by atoms with Crippen molar-refractivity contribution in [2.24, 2.45) is 5.92 Å². The van der Waals surface area contributed by atoms with Crippen molar-refractivity contribution >= 4 is 21.2 Å². The van der Waals surface area contributed by atoms with E-state index < -0.39 is 43.0 Å². The lowest BCUT2D eigenvalue weighted by Gasteiger charge is -2.29.